The van der Waals surface area contributed by atoms with Crippen LogP contribution in [-0.4, -0.2) is 49.1 Å². The van der Waals surface area contributed by atoms with Gasteiger partial charge in [-0.2, -0.15) is 0 Å². The zero-order chi connectivity index (χ0) is 14.5. The Kier molecular flexibility index (Phi) is 5.58. The summed E-state index contributed by atoms with van der Waals surface area (Å²) in [4.78, 5) is 5.12. The van der Waals surface area contributed by atoms with Crippen LogP contribution in [0.4, 0.5) is 0 Å². The molecule has 2 rings (SSSR count). The Labute approximate surface area is 123 Å². The Morgan fingerprint density at radius 2 is 1.95 bits per heavy atom. The Bertz CT molecular complexity index is 430. The zero-order valence-corrected chi connectivity index (χ0v) is 13.2. The number of nitrogens with zero attached hydrogens (tertiary/aromatic N) is 2. The zero-order valence-electron chi connectivity index (χ0n) is 13.2. The van der Waals surface area contributed by atoms with E-state index >= 15 is 0 Å². The first-order valence-electron chi connectivity index (χ1n) is 7.85. The lowest BCUT2D eigenvalue weighted by atomic mass is 9.99. The second kappa shape index (κ2) is 7.21. The highest BCUT2D eigenvalue weighted by Crippen LogP contribution is 2.25. The van der Waals surface area contributed by atoms with Gasteiger partial charge in [0.2, 0.25) is 0 Å². The van der Waals surface area contributed by atoms with E-state index in [-0.39, 0.29) is 0 Å². The molecule has 1 fully saturated rings. The van der Waals surface area contributed by atoms with Gasteiger partial charge in [0.1, 0.15) is 0 Å². The molecule has 3 heteroatoms. The third-order valence-electron chi connectivity index (χ3n) is 4.50. The minimum Gasteiger partial charge on any atom is -0.329 e. The first kappa shape index (κ1) is 15.5. The fourth-order valence-corrected chi connectivity index (χ4v) is 3.19. The summed E-state index contributed by atoms with van der Waals surface area (Å²) in [5.41, 5.74) is 9.93. The molecule has 2 N–H and O–H groups in total. The summed E-state index contributed by atoms with van der Waals surface area (Å²) >= 11 is 0. The molecule has 0 aromatic heterocycles. The maximum atomic E-state index is 5.68. The summed E-state index contributed by atoms with van der Waals surface area (Å²) in [5.74, 6) is 0. The van der Waals surface area contributed by atoms with Crippen molar-refractivity contribution in [1.29, 1.82) is 0 Å². The molecule has 3 nitrogen and oxygen atoms in total. The predicted molar refractivity (Wildman–Crippen MR) is 86.0 cm³/mol. The first-order valence-corrected chi connectivity index (χ1v) is 7.85. The quantitative estimate of drug-likeness (QED) is 0.915. The van der Waals surface area contributed by atoms with Gasteiger partial charge >= 0.3 is 0 Å². The lowest BCUT2D eigenvalue weighted by molar-refractivity contribution is 0.211. The second-order valence-electron chi connectivity index (χ2n) is 6.06. The molecule has 1 heterocycles. The standard InChI is InChI=1S/C17H29N3/c1-14-5-6-15(2)17(13-14)16(3)20-9-4-8-19(10-7-18)11-12-20/h5-6,13,16H,4,7-12,18H2,1-3H3. The van der Waals surface area contributed by atoms with Crippen molar-refractivity contribution in [3.8, 4) is 0 Å². The topological polar surface area (TPSA) is 32.5 Å². The van der Waals surface area contributed by atoms with Crippen LogP contribution in [0.5, 0.6) is 0 Å². The summed E-state index contributed by atoms with van der Waals surface area (Å²) in [5, 5.41) is 0. The normalized spacial score (nSPS) is 19.8. The minimum atomic E-state index is 0.507. The van der Waals surface area contributed by atoms with Crippen LogP contribution >= 0.6 is 0 Å². The average molecular weight is 275 g/mol. The Morgan fingerprint density at radius 1 is 1.15 bits per heavy atom. The Balaban J connectivity index is 2.05. The number of rotatable bonds is 4. The molecule has 0 bridgehead atoms. The lowest BCUT2D eigenvalue weighted by Crippen LogP contribution is -2.35. The van der Waals surface area contributed by atoms with Crippen molar-refractivity contribution >= 4 is 0 Å². The van der Waals surface area contributed by atoms with Gasteiger partial charge in [0, 0.05) is 38.8 Å². The molecule has 1 aliphatic rings. The smallest absolute Gasteiger partial charge is 0.0323 e. The van der Waals surface area contributed by atoms with Crippen LogP contribution in [0.2, 0.25) is 0 Å². The van der Waals surface area contributed by atoms with Crippen molar-refractivity contribution in [2.24, 2.45) is 5.73 Å². The van der Waals surface area contributed by atoms with Gasteiger partial charge in [0.25, 0.3) is 0 Å². The third-order valence-corrected chi connectivity index (χ3v) is 4.50. The molecule has 0 saturated carbocycles. The molecule has 1 atom stereocenters. The molecular formula is C17H29N3. The van der Waals surface area contributed by atoms with Gasteiger partial charge in [-0.3, -0.25) is 4.90 Å². The maximum absolute atomic E-state index is 5.68. The molecule has 0 amide bonds. The molecule has 1 unspecified atom stereocenters. The van der Waals surface area contributed by atoms with Crippen LogP contribution in [0, 0.1) is 13.8 Å². The van der Waals surface area contributed by atoms with Crippen molar-refractivity contribution in [3.05, 3.63) is 34.9 Å². The van der Waals surface area contributed by atoms with E-state index in [4.69, 9.17) is 5.73 Å². The average Bonchev–Trinajstić information content (AvgIpc) is 2.67. The van der Waals surface area contributed by atoms with Gasteiger partial charge in [-0.25, -0.2) is 0 Å². The molecule has 1 aromatic carbocycles. The number of hydrogen-bond donors (Lipinski definition) is 1. The number of nitrogens with two attached hydrogens (primary N) is 1. The van der Waals surface area contributed by atoms with Crippen LogP contribution in [-0.2, 0) is 0 Å². The summed E-state index contributed by atoms with van der Waals surface area (Å²) in [6.07, 6.45) is 1.25. The van der Waals surface area contributed by atoms with Crippen LogP contribution in [0.15, 0.2) is 18.2 Å². The molecule has 1 aromatic rings. The van der Waals surface area contributed by atoms with Crippen LogP contribution in [0.25, 0.3) is 0 Å². The molecule has 0 spiro atoms. The predicted octanol–water partition coefficient (Wildman–Crippen LogP) is 2.33. The Hall–Kier alpha value is -0.900. The molecule has 0 aliphatic carbocycles. The minimum absolute atomic E-state index is 0.507. The Morgan fingerprint density at radius 3 is 2.70 bits per heavy atom. The molecular weight excluding hydrogens is 246 g/mol. The van der Waals surface area contributed by atoms with Crippen molar-refractivity contribution in [2.45, 2.75) is 33.2 Å². The van der Waals surface area contributed by atoms with E-state index in [0.29, 0.717) is 6.04 Å². The van der Waals surface area contributed by atoms with E-state index in [1.165, 1.54) is 36.2 Å². The van der Waals surface area contributed by atoms with Crippen molar-refractivity contribution in [2.75, 3.05) is 39.3 Å². The largest absolute Gasteiger partial charge is 0.329 e. The molecule has 1 saturated heterocycles. The number of hydrogen-bond acceptors (Lipinski definition) is 3. The van der Waals surface area contributed by atoms with Crippen molar-refractivity contribution < 1.29 is 0 Å². The summed E-state index contributed by atoms with van der Waals surface area (Å²) in [6.45, 7) is 13.2. The van der Waals surface area contributed by atoms with Crippen LogP contribution in [0.3, 0.4) is 0 Å². The van der Waals surface area contributed by atoms with Gasteiger partial charge in [0.05, 0.1) is 0 Å². The highest BCUT2D eigenvalue weighted by atomic mass is 15.2. The van der Waals surface area contributed by atoms with E-state index in [1.54, 1.807) is 0 Å². The van der Waals surface area contributed by atoms with E-state index in [2.05, 4.69) is 48.8 Å². The summed E-state index contributed by atoms with van der Waals surface area (Å²) < 4.78 is 0. The van der Waals surface area contributed by atoms with Gasteiger partial charge in [-0.05, 0) is 44.9 Å². The summed E-state index contributed by atoms with van der Waals surface area (Å²) in [7, 11) is 0. The van der Waals surface area contributed by atoms with E-state index in [1.807, 2.05) is 0 Å². The number of benzene rings is 1. The highest BCUT2D eigenvalue weighted by Gasteiger charge is 2.20. The second-order valence-corrected chi connectivity index (χ2v) is 6.06. The summed E-state index contributed by atoms with van der Waals surface area (Å²) in [6, 6.07) is 7.31. The van der Waals surface area contributed by atoms with Gasteiger partial charge in [0.15, 0.2) is 0 Å². The molecule has 112 valence electrons. The lowest BCUT2D eigenvalue weighted by Gasteiger charge is -2.29. The van der Waals surface area contributed by atoms with Gasteiger partial charge in [-0.15, -0.1) is 0 Å². The highest BCUT2D eigenvalue weighted by molar-refractivity contribution is 5.32. The van der Waals surface area contributed by atoms with E-state index in [9.17, 15) is 0 Å². The first-order chi connectivity index (χ1) is 9.61. The maximum Gasteiger partial charge on any atom is 0.0323 e. The van der Waals surface area contributed by atoms with Crippen molar-refractivity contribution in [3.63, 3.8) is 0 Å². The van der Waals surface area contributed by atoms with Gasteiger partial charge in [-0.1, -0.05) is 23.8 Å². The molecule has 20 heavy (non-hydrogen) atoms. The molecule has 1 aliphatic heterocycles. The van der Waals surface area contributed by atoms with E-state index in [0.717, 1.165) is 26.2 Å². The fourth-order valence-electron chi connectivity index (χ4n) is 3.19. The van der Waals surface area contributed by atoms with Gasteiger partial charge < -0.3 is 10.6 Å². The van der Waals surface area contributed by atoms with Crippen LogP contribution < -0.4 is 5.73 Å². The van der Waals surface area contributed by atoms with Crippen molar-refractivity contribution in [1.82, 2.24) is 9.80 Å². The monoisotopic (exact) mass is 275 g/mol. The van der Waals surface area contributed by atoms with Crippen LogP contribution in [0.1, 0.15) is 36.1 Å². The molecule has 0 radical (unpaired) electrons. The SMILES string of the molecule is Cc1ccc(C)c(C(C)N2CCCN(CCN)CC2)c1. The fraction of sp³-hybridized carbons (Fsp3) is 0.647. The third kappa shape index (κ3) is 3.81. The number of aryl methyl sites for hydroxylation is 2. The van der Waals surface area contributed by atoms with E-state index < -0.39 is 0 Å².